The van der Waals surface area contributed by atoms with E-state index >= 15 is 0 Å². The third-order valence-electron chi connectivity index (χ3n) is 5.23. The molecule has 0 bridgehead atoms. The van der Waals surface area contributed by atoms with Crippen molar-refractivity contribution in [3.8, 4) is 6.07 Å². The number of hydrogen-bond acceptors (Lipinski definition) is 2. The predicted molar refractivity (Wildman–Crippen MR) is 77.7 cm³/mol. The molecule has 2 nitrogen and oxygen atoms in total. The molecule has 19 heavy (non-hydrogen) atoms. The highest BCUT2D eigenvalue weighted by atomic mass is 16.5. The van der Waals surface area contributed by atoms with Crippen molar-refractivity contribution in [2.45, 2.75) is 83.2 Å². The third-order valence-corrected chi connectivity index (χ3v) is 5.23. The van der Waals surface area contributed by atoms with E-state index in [0.29, 0.717) is 0 Å². The normalized spacial score (nSPS) is 32.9. The van der Waals surface area contributed by atoms with E-state index in [1.165, 1.54) is 44.9 Å². The first kappa shape index (κ1) is 14.9. The molecule has 0 aromatic rings. The lowest BCUT2D eigenvalue weighted by Gasteiger charge is -2.39. The molecule has 0 aliphatic heterocycles. The lowest BCUT2D eigenvalue weighted by Crippen LogP contribution is -2.38. The lowest BCUT2D eigenvalue weighted by atomic mass is 9.70. The van der Waals surface area contributed by atoms with Gasteiger partial charge in [-0.25, -0.2) is 0 Å². The molecule has 2 rings (SSSR count). The Bertz CT molecular complexity index is 293. The highest BCUT2D eigenvalue weighted by Gasteiger charge is 2.38. The Morgan fingerprint density at radius 2 is 1.68 bits per heavy atom. The molecule has 0 heterocycles. The fourth-order valence-corrected chi connectivity index (χ4v) is 3.88. The van der Waals surface area contributed by atoms with Gasteiger partial charge in [0, 0.05) is 6.61 Å². The molecule has 2 fully saturated rings. The first-order chi connectivity index (χ1) is 9.29. The Morgan fingerprint density at radius 3 is 2.26 bits per heavy atom. The lowest BCUT2D eigenvalue weighted by molar-refractivity contribution is -0.0444. The summed E-state index contributed by atoms with van der Waals surface area (Å²) in [6, 6.07) is 2.48. The van der Waals surface area contributed by atoms with E-state index in [4.69, 9.17) is 4.74 Å². The fourth-order valence-electron chi connectivity index (χ4n) is 3.88. The van der Waals surface area contributed by atoms with Crippen LogP contribution < -0.4 is 0 Å². The summed E-state index contributed by atoms with van der Waals surface area (Å²) in [5.41, 5.74) is -0.444. The van der Waals surface area contributed by atoms with Crippen molar-refractivity contribution >= 4 is 0 Å². The van der Waals surface area contributed by atoms with Crippen LogP contribution in [0.5, 0.6) is 0 Å². The van der Waals surface area contributed by atoms with Crippen LogP contribution in [0.25, 0.3) is 0 Å². The van der Waals surface area contributed by atoms with Crippen LogP contribution in [0.3, 0.4) is 0 Å². The molecule has 2 saturated carbocycles. The minimum absolute atomic E-state index is 0.444. The molecule has 0 unspecified atom stereocenters. The summed E-state index contributed by atoms with van der Waals surface area (Å²) < 4.78 is 5.93. The van der Waals surface area contributed by atoms with Gasteiger partial charge in [0.05, 0.1) is 6.07 Å². The smallest absolute Gasteiger partial charge is 0.154 e. The molecule has 2 heteroatoms. The van der Waals surface area contributed by atoms with E-state index in [1.807, 2.05) is 0 Å². The maximum atomic E-state index is 9.46. The Labute approximate surface area is 118 Å². The first-order valence-electron chi connectivity index (χ1n) is 8.35. The van der Waals surface area contributed by atoms with E-state index in [9.17, 15) is 5.26 Å². The quantitative estimate of drug-likeness (QED) is 0.665. The van der Waals surface area contributed by atoms with Gasteiger partial charge in [-0.1, -0.05) is 45.4 Å². The summed E-state index contributed by atoms with van der Waals surface area (Å²) >= 11 is 0. The highest BCUT2D eigenvalue weighted by Crippen LogP contribution is 2.42. The van der Waals surface area contributed by atoms with E-state index < -0.39 is 5.60 Å². The van der Waals surface area contributed by atoms with Crippen LogP contribution in [0, 0.1) is 23.2 Å². The number of ether oxygens (including phenoxy) is 1. The van der Waals surface area contributed by atoms with Gasteiger partial charge in [-0.3, -0.25) is 0 Å². The fraction of sp³-hybridized carbons (Fsp3) is 0.941. The Kier molecular flexibility index (Phi) is 5.70. The van der Waals surface area contributed by atoms with Crippen molar-refractivity contribution in [2.75, 3.05) is 6.61 Å². The molecule has 0 aromatic carbocycles. The van der Waals surface area contributed by atoms with Crippen molar-refractivity contribution in [3.05, 3.63) is 0 Å². The molecule has 0 N–H and O–H groups in total. The number of hydrogen-bond donors (Lipinski definition) is 0. The average molecular weight is 263 g/mol. The van der Waals surface area contributed by atoms with Crippen molar-refractivity contribution in [2.24, 2.45) is 11.8 Å². The molecule has 0 aromatic heterocycles. The van der Waals surface area contributed by atoms with Gasteiger partial charge in [0.2, 0.25) is 0 Å². The molecule has 0 spiro atoms. The minimum atomic E-state index is -0.444. The molecule has 108 valence electrons. The minimum Gasteiger partial charge on any atom is -0.360 e. The summed E-state index contributed by atoms with van der Waals surface area (Å²) in [7, 11) is 0. The maximum absolute atomic E-state index is 9.46. The average Bonchev–Trinajstić information content (AvgIpc) is 2.49. The zero-order valence-corrected chi connectivity index (χ0v) is 12.5. The van der Waals surface area contributed by atoms with Gasteiger partial charge in [0.1, 0.15) is 0 Å². The molecule has 0 atom stereocenters. The Hall–Kier alpha value is -0.550. The van der Waals surface area contributed by atoms with Gasteiger partial charge in [0.15, 0.2) is 5.60 Å². The van der Waals surface area contributed by atoms with Crippen LogP contribution in [0.1, 0.15) is 77.6 Å². The standard InChI is InChI=1S/C17H29NO/c1-2-3-13-19-17(14-18)11-9-16(10-12-17)15-7-5-4-6-8-15/h15-16H,2-13H2,1H3/t16-,17-. The molecular weight excluding hydrogens is 234 g/mol. The van der Waals surface area contributed by atoms with Crippen LogP contribution in [0.15, 0.2) is 0 Å². The second-order valence-electron chi connectivity index (χ2n) is 6.54. The number of nitriles is 1. The monoisotopic (exact) mass is 263 g/mol. The summed E-state index contributed by atoms with van der Waals surface area (Å²) in [6.45, 7) is 2.93. The number of nitrogens with zero attached hydrogens (tertiary/aromatic N) is 1. The van der Waals surface area contributed by atoms with Crippen LogP contribution >= 0.6 is 0 Å². The van der Waals surface area contributed by atoms with Gasteiger partial charge in [-0.05, 0) is 43.9 Å². The second-order valence-corrected chi connectivity index (χ2v) is 6.54. The van der Waals surface area contributed by atoms with Crippen molar-refractivity contribution in [1.82, 2.24) is 0 Å². The number of unbranched alkanes of at least 4 members (excludes halogenated alkanes) is 1. The van der Waals surface area contributed by atoms with Crippen molar-refractivity contribution in [1.29, 1.82) is 5.26 Å². The summed E-state index contributed by atoms with van der Waals surface area (Å²) in [5.74, 6) is 1.82. The summed E-state index contributed by atoms with van der Waals surface area (Å²) in [4.78, 5) is 0. The van der Waals surface area contributed by atoms with E-state index in [-0.39, 0.29) is 0 Å². The topological polar surface area (TPSA) is 33.0 Å². The Morgan fingerprint density at radius 1 is 1.05 bits per heavy atom. The van der Waals surface area contributed by atoms with Crippen molar-refractivity contribution < 1.29 is 4.74 Å². The zero-order chi connectivity index (χ0) is 13.6. The molecule has 0 amide bonds. The maximum Gasteiger partial charge on any atom is 0.154 e. The van der Waals surface area contributed by atoms with Gasteiger partial charge in [0.25, 0.3) is 0 Å². The summed E-state index contributed by atoms with van der Waals surface area (Å²) in [6.07, 6.45) is 13.7. The molecule has 2 aliphatic rings. The highest BCUT2D eigenvalue weighted by molar-refractivity contribution is 5.05. The van der Waals surface area contributed by atoms with Gasteiger partial charge in [-0.15, -0.1) is 0 Å². The van der Waals surface area contributed by atoms with Crippen LogP contribution in [-0.4, -0.2) is 12.2 Å². The largest absolute Gasteiger partial charge is 0.360 e. The van der Waals surface area contributed by atoms with Crippen LogP contribution in [0.4, 0.5) is 0 Å². The zero-order valence-electron chi connectivity index (χ0n) is 12.5. The van der Waals surface area contributed by atoms with Crippen LogP contribution in [0.2, 0.25) is 0 Å². The van der Waals surface area contributed by atoms with Gasteiger partial charge >= 0.3 is 0 Å². The van der Waals surface area contributed by atoms with E-state index in [2.05, 4.69) is 13.0 Å². The second kappa shape index (κ2) is 7.29. The van der Waals surface area contributed by atoms with Crippen LogP contribution in [-0.2, 0) is 4.74 Å². The molecule has 0 radical (unpaired) electrons. The molecule has 2 aliphatic carbocycles. The number of rotatable bonds is 5. The Balaban J connectivity index is 1.80. The molecule has 0 saturated heterocycles. The SMILES string of the molecule is CCCCO[C@]1(C#N)CC[C@@H](C2CCCCC2)CC1. The van der Waals surface area contributed by atoms with E-state index in [0.717, 1.165) is 44.1 Å². The molecular formula is C17H29NO. The summed E-state index contributed by atoms with van der Waals surface area (Å²) in [5, 5.41) is 9.46. The van der Waals surface area contributed by atoms with Gasteiger partial charge in [-0.2, -0.15) is 5.26 Å². The van der Waals surface area contributed by atoms with E-state index in [1.54, 1.807) is 0 Å². The first-order valence-corrected chi connectivity index (χ1v) is 8.35. The van der Waals surface area contributed by atoms with Gasteiger partial charge < -0.3 is 4.74 Å². The third kappa shape index (κ3) is 3.96. The van der Waals surface area contributed by atoms with Crippen molar-refractivity contribution in [3.63, 3.8) is 0 Å². The predicted octanol–water partition coefficient (Wildman–Crippen LogP) is 4.84.